The Labute approximate surface area is 178 Å². The molecule has 31 heavy (non-hydrogen) atoms. The van der Waals surface area contributed by atoms with Crippen LogP contribution in [0.15, 0.2) is 66.2 Å². The lowest BCUT2D eigenvalue weighted by atomic mass is 10.2. The second kappa shape index (κ2) is 7.98. The molecule has 0 N–H and O–H groups in total. The van der Waals surface area contributed by atoms with E-state index in [0.717, 1.165) is 39.2 Å². The first-order valence-corrected chi connectivity index (χ1v) is 10.0. The quantitative estimate of drug-likeness (QED) is 0.314. The number of aryl methyl sites for hydroxylation is 1. The summed E-state index contributed by atoms with van der Waals surface area (Å²) in [5, 5.41) is 9.49. The van der Waals surface area contributed by atoms with E-state index < -0.39 is 0 Å². The van der Waals surface area contributed by atoms with Crippen LogP contribution in [0, 0.1) is 13.8 Å². The molecule has 0 saturated heterocycles. The Morgan fingerprint density at radius 1 is 1.00 bits per heavy atom. The Balaban J connectivity index is 1.44. The van der Waals surface area contributed by atoms with E-state index in [2.05, 4.69) is 38.6 Å². The molecule has 154 valence electrons. The molecule has 0 atom stereocenters. The number of hydrogen-bond acceptors (Lipinski definition) is 6. The second-order valence-electron chi connectivity index (χ2n) is 7.28. The highest BCUT2D eigenvalue weighted by atomic mass is 16.6. The van der Waals surface area contributed by atoms with Gasteiger partial charge in [0, 0.05) is 11.9 Å². The molecule has 0 spiro atoms. The summed E-state index contributed by atoms with van der Waals surface area (Å²) < 4.78 is 3.86. The predicted molar refractivity (Wildman–Crippen MR) is 118 cm³/mol. The average molecular weight is 411 g/mol. The van der Waals surface area contributed by atoms with Crippen molar-refractivity contribution in [1.82, 2.24) is 29.1 Å². The average Bonchev–Trinajstić information content (AvgIpc) is 3.32. The van der Waals surface area contributed by atoms with Gasteiger partial charge in [-0.15, -0.1) is 5.10 Å². The summed E-state index contributed by atoms with van der Waals surface area (Å²) in [7, 11) is 0. The van der Waals surface area contributed by atoms with Crippen molar-refractivity contribution in [1.29, 1.82) is 0 Å². The van der Waals surface area contributed by atoms with Crippen LogP contribution in [0.1, 0.15) is 28.3 Å². The summed E-state index contributed by atoms with van der Waals surface area (Å²) in [6.45, 7) is 5.01. The van der Waals surface area contributed by atoms with Gasteiger partial charge in [0.05, 0.1) is 23.8 Å². The van der Waals surface area contributed by atoms with E-state index in [-0.39, 0.29) is 6.61 Å². The van der Waals surface area contributed by atoms with Crippen LogP contribution in [0.5, 0.6) is 0 Å². The molecule has 4 aromatic heterocycles. The van der Waals surface area contributed by atoms with Crippen LogP contribution in [-0.4, -0.2) is 35.3 Å². The summed E-state index contributed by atoms with van der Waals surface area (Å²) in [6, 6.07) is 15.7. The molecule has 0 radical (unpaired) electrons. The Hall–Kier alpha value is -4.07. The molecule has 0 saturated carbocycles. The number of hydrogen-bond donors (Lipinski definition) is 0. The van der Waals surface area contributed by atoms with E-state index in [1.807, 2.05) is 48.5 Å². The van der Waals surface area contributed by atoms with Crippen LogP contribution < -0.4 is 0 Å². The third kappa shape index (κ3) is 3.63. The molecule has 0 amide bonds. The molecule has 0 aliphatic heterocycles. The highest BCUT2D eigenvalue weighted by Crippen LogP contribution is 2.27. The Kier molecular flexibility index (Phi) is 4.87. The van der Waals surface area contributed by atoms with Crippen LogP contribution in [-0.2, 0) is 18.0 Å². The van der Waals surface area contributed by atoms with E-state index in [1.165, 1.54) is 0 Å². The van der Waals surface area contributed by atoms with Crippen LogP contribution in [0.25, 0.3) is 16.7 Å². The lowest BCUT2D eigenvalue weighted by Crippen LogP contribution is -2.04. The largest absolute Gasteiger partial charge is 0.387 e. The molecule has 8 heteroatoms. The SMILES string of the molecule is Cc1c(C)n(Cc2ccccn2)c2ncn3nc(CO/N=C\c4ccccc4)nc3c12. The van der Waals surface area contributed by atoms with Crippen molar-refractivity contribution in [3.05, 3.63) is 89.4 Å². The first-order chi connectivity index (χ1) is 15.2. The highest BCUT2D eigenvalue weighted by Gasteiger charge is 2.18. The lowest BCUT2D eigenvalue weighted by molar-refractivity contribution is 0.126. The van der Waals surface area contributed by atoms with Crippen LogP contribution in [0.2, 0.25) is 0 Å². The van der Waals surface area contributed by atoms with Gasteiger partial charge in [-0.25, -0.2) is 14.5 Å². The van der Waals surface area contributed by atoms with Gasteiger partial charge in [-0.05, 0) is 37.1 Å². The van der Waals surface area contributed by atoms with Gasteiger partial charge in [0.1, 0.15) is 12.0 Å². The number of rotatable bonds is 6. The zero-order chi connectivity index (χ0) is 21.2. The van der Waals surface area contributed by atoms with Crippen molar-refractivity contribution >= 4 is 22.9 Å². The highest BCUT2D eigenvalue weighted by molar-refractivity contribution is 5.93. The van der Waals surface area contributed by atoms with Gasteiger partial charge in [-0.3, -0.25) is 4.98 Å². The zero-order valence-electron chi connectivity index (χ0n) is 17.3. The summed E-state index contributed by atoms with van der Waals surface area (Å²) in [6.07, 6.45) is 5.16. The first kappa shape index (κ1) is 18.9. The minimum Gasteiger partial charge on any atom is -0.387 e. The minimum atomic E-state index is 0.180. The molecule has 0 fully saturated rings. The summed E-state index contributed by atoms with van der Waals surface area (Å²) >= 11 is 0. The van der Waals surface area contributed by atoms with Crippen molar-refractivity contribution in [3.8, 4) is 0 Å². The predicted octanol–water partition coefficient (Wildman–Crippen LogP) is 3.69. The Bertz CT molecular complexity index is 1370. The maximum atomic E-state index is 5.40. The summed E-state index contributed by atoms with van der Waals surface area (Å²) in [4.78, 5) is 19.2. The van der Waals surface area contributed by atoms with Gasteiger partial charge in [0.15, 0.2) is 18.1 Å². The molecule has 4 heterocycles. The molecule has 1 aromatic carbocycles. The number of oxime groups is 1. The fourth-order valence-electron chi connectivity index (χ4n) is 3.62. The van der Waals surface area contributed by atoms with Crippen molar-refractivity contribution in [2.24, 2.45) is 5.16 Å². The molecular formula is C23H21N7O. The fraction of sp³-hybridized carbons (Fsp3) is 0.174. The number of pyridine rings is 1. The maximum Gasteiger partial charge on any atom is 0.192 e. The Morgan fingerprint density at radius 3 is 2.65 bits per heavy atom. The second-order valence-corrected chi connectivity index (χ2v) is 7.28. The van der Waals surface area contributed by atoms with Crippen LogP contribution >= 0.6 is 0 Å². The normalized spacial score (nSPS) is 11.7. The van der Waals surface area contributed by atoms with Gasteiger partial charge < -0.3 is 9.40 Å². The van der Waals surface area contributed by atoms with Gasteiger partial charge in [0.2, 0.25) is 0 Å². The van der Waals surface area contributed by atoms with E-state index in [9.17, 15) is 0 Å². The smallest absolute Gasteiger partial charge is 0.192 e. The maximum absolute atomic E-state index is 5.40. The van der Waals surface area contributed by atoms with E-state index in [0.29, 0.717) is 12.4 Å². The molecule has 0 bridgehead atoms. The summed E-state index contributed by atoms with van der Waals surface area (Å²) in [5.74, 6) is 0.550. The molecule has 5 aromatic rings. The van der Waals surface area contributed by atoms with E-state index in [1.54, 1.807) is 23.3 Å². The molecule has 5 rings (SSSR count). The molecular weight excluding hydrogens is 390 g/mol. The first-order valence-electron chi connectivity index (χ1n) is 10.0. The fourth-order valence-corrected chi connectivity index (χ4v) is 3.62. The lowest BCUT2D eigenvalue weighted by Gasteiger charge is -2.07. The van der Waals surface area contributed by atoms with Gasteiger partial charge in [0.25, 0.3) is 0 Å². The number of aromatic nitrogens is 6. The monoisotopic (exact) mass is 411 g/mol. The number of benzene rings is 1. The standard InChI is InChI=1S/C23H21N7O/c1-16-17(2)29(13-19-10-6-7-11-24-19)22-21(16)23-27-20(28-30(23)15-25-22)14-31-26-12-18-8-4-3-5-9-18/h3-12,15H,13-14H2,1-2H3/b26-12-. The van der Waals surface area contributed by atoms with Gasteiger partial charge in [-0.1, -0.05) is 41.6 Å². The minimum absolute atomic E-state index is 0.180. The van der Waals surface area contributed by atoms with Crippen LogP contribution in [0.4, 0.5) is 0 Å². The molecule has 0 unspecified atom stereocenters. The van der Waals surface area contributed by atoms with Crippen molar-refractivity contribution < 1.29 is 4.84 Å². The van der Waals surface area contributed by atoms with Gasteiger partial charge in [-0.2, -0.15) is 0 Å². The zero-order valence-corrected chi connectivity index (χ0v) is 17.3. The number of nitrogens with zero attached hydrogens (tertiary/aromatic N) is 7. The van der Waals surface area contributed by atoms with Crippen molar-refractivity contribution in [3.63, 3.8) is 0 Å². The molecule has 0 aliphatic carbocycles. The van der Waals surface area contributed by atoms with Crippen LogP contribution in [0.3, 0.4) is 0 Å². The third-order valence-corrected chi connectivity index (χ3v) is 5.31. The van der Waals surface area contributed by atoms with E-state index >= 15 is 0 Å². The van der Waals surface area contributed by atoms with Crippen molar-refractivity contribution in [2.45, 2.75) is 27.0 Å². The van der Waals surface area contributed by atoms with Crippen molar-refractivity contribution in [2.75, 3.05) is 0 Å². The van der Waals surface area contributed by atoms with Gasteiger partial charge >= 0.3 is 0 Å². The third-order valence-electron chi connectivity index (χ3n) is 5.31. The molecule has 0 aliphatic rings. The Morgan fingerprint density at radius 2 is 1.84 bits per heavy atom. The topological polar surface area (TPSA) is 82.5 Å². The number of fused-ring (bicyclic) bond motifs is 3. The van der Waals surface area contributed by atoms with E-state index in [4.69, 9.17) is 9.82 Å². The summed E-state index contributed by atoms with van der Waals surface area (Å²) in [5.41, 5.74) is 5.85. The molecule has 8 nitrogen and oxygen atoms in total.